The fourth-order valence-corrected chi connectivity index (χ4v) is 4.92. The number of hydrogen-bond donors (Lipinski definition) is 1. The van der Waals surface area contributed by atoms with Crippen LogP contribution in [0.3, 0.4) is 0 Å². The lowest BCUT2D eigenvalue weighted by Crippen LogP contribution is -2.27. The summed E-state index contributed by atoms with van der Waals surface area (Å²) in [5.74, 6) is 0. The third-order valence-electron chi connectivity index (χ3n) is 4.05. The second kappa shape index (κ2) is 8.93. The molecule has 0 aromatic heterocycles. The van der Waals surface area contributed by atoms with Crippen LogP contribution in [0.2, 0.25) is 5.02 Å². The van der Waals surface area contributed by atoms with E-state index < -0.39 is 10.0 Å². The molecular formula is C21H20ClNO2S2. The molecule has 1 N–H and O–H groups in total. The van der Waals surface area contributed by atoms with E-state index in [1.807, 2.05) is 37.3 Å². The molecule has 1 unspecified atom stereocenters. The van der Waals surface area contributed by atoms with Gasteiger partial charge in [0, 0.05) is 21.7 Å². The van der Waals surface area contributed by atoms with E-state index in [0.29, 0.717) is 5.02 Å². The average Bonchev–Trinajstić information content (AvgIpc) is 2.68. The van der Waals surface area contributed by atoms with Gasteiger partial charge in [-0.1, -0.05) is 59.6 Å². The van der Waals surface area contributed by atoms with Gasteiger partial charge in [0.15, 0.2) is 0 Å². The smallest absolute Gasteiger partial charge is 0.210 e. The molecule has 0 aliphatic rings. The Labute approximate surface area is 169 Å². The lowest BCUT2D eigenvalue weighted by molar-refractivity contribution is 0.581. The van der Waals surface area contributed by atoms with Gasteiger partial charge in [-0.25, -0.2) is 13.1 Å². The maximum absolute atomic E-state index is 12.6. The average molecular weight is 418 g/mol. The standard InChI is InChI=1S/C21H20ClNO2S2/c1-16-7-11-19(12-8-16)26-21(17-5-3-2-4-6-17)15-23-27(24,25)20-13-9-18(22)10-14-20/h2-14,21,23H,15H2,1H3. The van der Waals surface area contributed by atoms with Crippen molar-refractivity contribution in [2.45, 2.75) is 22.0 Å². The van der Waals surface area contributed by atoms with E-state index in [4.69, 9.17) is 11.6 Å². The fraction of sp³-hybridized carbons (Fsp3) is 0.143. The minimum atomic E-state index is -3.60. The second-order valence-electron chi connectivity index (χ2n) is 6.14. The van der Waals surface area contributed by atoms with Crippen molar-refractivity contribution in [2.75, 3.05) is 6.54 Å². The number of aryl methyl sites for hydroxylation is 1. The first-order valence-electron chi connectivity index (χ1n) is 8.47. The normalized spacial score (nSPS) is 12.7. The Balaban J connectivity index is 1.79. The highest BCUT2D eigenvalue weighted by Gasteiger charge is 2.19. The third-order valence-corrected chi connectivity index (χ3v) is 7.01. The molecule has 0 aliphatic carbocycles. The summed E-state index contributed by atoms with van der Waals surface area (Å²) < 4.78 is 28.0. The SMILES string of the molecule is Cc1ccc(SC(CNS(=O)(=O)c2ccc(Cl)cc2)c2ccccc2)cc1. The van der Waals surface area contributed by atoms with Crippen molar-refractivity contribution in [3.63, 3.8) is 0 Å². The lowest BCUT2D eigenvalue weighted by atomic mass is 10.1. The predicted octanol–water partition coefficient (Wildman–Crippen LogP) is 5.46. The van der Waals surface area contributed by atoms with Gasteiger partial charge in [-0.15, -0.1) is 11.8 Å². The van der Waals surface area contributed by atoms with Gasteiger partial charge in [0.1, 0.15) is 0 Å². The van der Waals surface area contributed by atoms with Crippen LogP contribution in [0.5, 0.6) is 0 Å². The Morgan fingerprint density at radius 3 is 2.19 bits per heavy atom. The van der Waals surface area contributed by atoms with Gasteiger partial charge in [0.05, 0.1) is 4.90 Å². The van der Waals surface area contributed by atoms with E-state index in [-0.39, 0.29) is 16.7 Å². The Bertz CT molecular complexity index is 973. The van der Waals surface area contributed by atoms with Crippen LogP contribution in [0.4, 0.5) is 0 Å². The van der Waals surface area contributed by atoms with E-state index in [1.165, 1.54) is 17.7 Å². The van der Waals surface area contributed by atoms with Crippen LogP contribution in [-0.4, -0.2) is 15.0 Å². The summed E-state index contributed by atoms with van der Waals surface area (Å²) in [7, 11) is -3.60. The van der Waals surface area contributed by atoms with E-state index in [9.17, 15) is 8.42 Å². The summed E-state index contributed by atoms with van der Waals surface area (Å²) in [6.07, 6.45) is 0. The predicted molar refractivity (Wildman–Crippen MR) is 113 cm³/mol. The molecule has 0 spiro atoms. The molecular weight excluding hydrogens is 398 g/mol. The first-order valence-corrected chi connectivity index (χ1v) is 11.2. The van der Waals surface area contributed by atoms with Crippen LogP contribution in [0, 0.1) is 6.92 Å². The number of benzene rings is 3. The molecule has 0 bridgehead atoms. The number of thioether (sulfide) groups is 1. The highest BCUT2D eigenvalue weighted by atomic mass is 35.5. The summed E-state index contributed by atoms with van der Waals surface area (Å²) in [5.41, 5.74) is 2.26. The first-order chi connectivity index (χ1) is 12.9. The second-order valence-corrected chi connectivity index (χ2v) is 9.62. The zero-order chi connectivity index (χ0) is 19.3. The van der Waals surface area contributed by atoms with Crippen LogP contribution in [0.15, 0.2) is 88.7 Å². The minimum absolute atomic E-state index is 0.0454. The van der Waals surface area contributed by atoms with Crippen LogP contribution >= 0.6 is 23.4 Å². The number of rotatable bonds is 7. The number of nitrogens with one attached hydrogen (secondary N) is 1. The molecule has 27 heavy (non-hydrogen) atoms. The molecule has 0 amide bonds. The summed E-state index contributed by atoms with van der Waals surface area (Å²) in [6.45, 7) is 2.33. The van der Waals surface area contributed by atoms with Gasteiger partial charge in [-0.3, -0.25) is 0 Å². The number of halogens is 1. The summed E-state index contributed by atoms with van der Waals surface area (Å²) in [5, 5.41) is 0.460. The van der Waals surface area contributed by atoms with Crippen molar-refractivity contribution in [3.05, 3.63) is 95.0 Å². The van der Waals surface area contributed by atoms with Crippen LogP contribution < -0.4 is 4.72 Å². The zero-order valence-electron chi connectivity index (χ0n) is 14.8. The molecule has 6 heteroatoms. The molecule has 3 aromatic carbocycles. The fourth-order valence-electron chi connectivity index (χ4n) is 2.56. The quantitative estimate of drug-likeness (QED) is 0.519. The third kappa shape index (κ3) is 5.59. The van der Waals surface area contributed by atoms with Crippen molar-refractivity contribution < 1.29 is 8.42 Å². The number of hydrogen-bond acceptors (Lipinski definition) is 3. The van der Waals surface area contributed by atoms with Gasteiger partial charge in [-0.05, 0) is 48.9 Å². The summed E-state index contributed by atoms with van der Waals surface area (Å²) in [6, 6.07) is 24.3. The molecule has 0 radical (unpaired) electrons. The van der Waals surface area contributed by atoms with Crippen molar-refractivity contribution in [2.24, 2.45) is 0 Å². The highest BCUT2D eigenvalue weighted by Crippen LogP contribution is 2.35. The minimum Gasteiger partial charge on any atom is -0.210 e. The van der Waals surface area contributed by atoms with Crippen molar-refractivity contribution >= 4 is 33.4 Å². The van der Waals surface area contributed by atoms with Crippen molar-refractivity contribution in [1.29, 1.82) is 0 Å². The van der Waals surface area contributed by atoms with Crippen LogP contribution in [0.25, 0.3) is 0 Å². The largest absolute Gasteiger partial charge is 0.240 e. The highest BCUT2D eigenvalue weighted by molar-refractivity contribution is 7.99. The van der Waals surface area contributed by atoms with Crippen LogP contribution in [0.1, 0.15) is 16.4 Å². The maximum atomic E-state index is 12.6. The Kier molecular flexibility index (Phi) is 6.60. The molecule has 3 aromatic rings. The number of sulfonamides is 1. The maximum Gasteiger partial charge on any atom is 0.240 e. The molecule has 3 nitrogen and oxygen atoms in total. The topological polar surface area (TPSA) is 46.2 Å². The molecule has 1 atom stereocenters. The molecule has 0 saturated carbocycles. The Morgan fingerprint density at radius 1 is 0.926 bits per heavy atom. The molecule has 0 aliphatic heterocycles. The van der Waals surface area contributed by atoms with E-state index in [2.05, 4.69) is 29.0 Å². The molecule has 140 valence electrons. The van der Waals surface area contributed by atoms with Crippen LogP contribution in [-0.2, 0) is 10.0 Å². The van der Waals surface area contributed by atoms with Gasteiger partial charge >= 0.3 is 0 Å². The molecule has 0 saturated heterocycles. The van der Waals surface area contributed by atoms with Gasteiger partial charge < -0.3 is 0 Å². The Morgan fingerprint density at radius 2 is 1.56 bits per heavy atom. The van der Waals surface area contributed by atoms with Crippen molar-refractivity contribution in [3.8, 4) is 0 Å². The summed E-state index contributed by atoms with van der Waals surface area (Å²) in [4.78, 5) is 1.30. The summed E-state index contributed by atoms with van der Waals surface area (Å²) >= 11 is 7.49. The van der Waals surface area contributed by atoms with Crippen molar-refractivity contribution in [1.82, 2.24) is 4.72 Å². The molecule has 3 rings (SSSR count). The van der Waals surface area contributed by atoms with E-state index in [0.717, 1.165) is 10.5 Å². The first kappa shape index (κ1) is 20.0. The molecule has 0 fully saturated rings. The van der Waals surface area contributed by atoms with Gasteiger partial charge in [0.25, 0.3) is 0 Å². The molecule has 0 heterocycles. The zero-order valence-corrected chi connectivity index (χ0v) is 17.2. The van der Waals surface area contributed by atoms with E-state index >= 15 is 0 Å². The van der Waals surface area contributed by atoms with Gasteiger partial charge in [0.2, 0.25) is 10.0 Å². The van der Waals surface area contributed by atoms with E-state index in [1.54, 1.807) is 23.9 Å². The van der Waals surface area contributed by atoms with Gasteiger partial charge in [-0.2, -0.15) is 0 Å². The lowest BCUT2D eigenvalue weighted by Gasteiger charge is -2.18. The Hall–Kier alpha value is -1.79. The monoisotopic (exact) mass is 417 g/mol.